The van der Waals surface area contributed by atoms with Crippen molar-refractivity contribution in [3.05, 3.63) is 10.5 Å². The van der Waals surface area contributed by atoms with Crippen LogP contribution in [0.2, 0.25) is 0 Å². The topological polar surface area (TPSA) is 71.4 Å². The smallest absolute Gasteiger partial charge is 0.307 e. The van der Waals surface area contributed by atoms with Crippen LogP contribution >= 0.6 is 11.8 Å². The quantitative estimate of drug-likeness (QED) is 0.750. The minimum Gasteiger partial charge on any atom is -0.481 e. The number of aliphatic carboxylic acids is 1. The first-order valence-corrected chi connectivity index (χ1v) is 7.14. The number of rotatable bonds is 6. The molecular weight excluding hydrogens is 252 g/mol. The summed E-state index contributed by atoms with van der Waals surface area (Å²) in [5.74, 6) is -1.30. The molecule has 0 aromatic carbocycles. The number of carbonyl (C=O) groups is 3. The molecule has 0 aliphatic heterocycles. The summed E-state index contributed by atoms with van der Waals surface area (Å²) in [4.78, 5) is 35.4. The van der Waals surface area contributed by atoms with E-state index in [0.29, 0.717) is 11.3 Å². The normalized spacial score (nSPS) is 20.1. The molecule has 0 aromatic rings. The second kappa shape index (κ2) is 6.73. The van der Waals surface area contributed by atoms with Crippen LogP contribution in [-0.4, -0.2) is 28.4 Å². The van der Waals surface area contributed by atoms with Crippen molar-refractivity contribution >= 4 is 29.3 Å². The van der Waals surface area contributed by atoms with Gasteiger partial charge < -0.3 is 5.11 Å². The number of hydrogen-bond donors (Lipinski definition) is 1. The Kier molecular flexibility index (Phi) is 5.59. The van der Waals surface area contributed by atoms with Gasteiger partial charge in [-0.15, -0.1) is 11.8 Å². The van der Waals surface area contributed by atoms with Crippen LogP contribution < -0.4 is 0 Å². The summed E-state index contributed by atoms with van der Waals surface area (Å²) >= 11 is 1.45. The van der Waals surface area contributed by atoms with Crippen LogP contribution in [0.1, 0.15) is 39.5 Å². The highest BCUT2D eigenvalue weighted by Crippen LogP contribution is 2.35. The average Bonchev–Trinajstić information content (AvgIpc) is 2.34. The van der Waals surface area contributed by atoms with Gasteiger partial charge in [0.15, 0.2) is 11.6 Å². The van der Waals surface area contributed by atoms with Gasteiger partial charge in [0.1, 0.15) is 0 Å². The van der Waals surface area contributed by atoms with Crippen molar-refractivity contribution in [1.82, 2.24) is 0 Å². The van der Waals surface area contributed by atoms with Gasteiger partial charge in [0, 0.05) is 17.7 Å². The van der Waals surface area contributed by atoms with Gasteiger partial charge in [0.05, 0.1) is 11.5 Å². The van der Waals surface area contributed by atoms with Crippen molar-refractivity contribution in [1.29, 1.82) is 0 Å². The SMILES string of the molecule is CCCSC1=C(C(=O)CC)C(=O)CC(C(=O)O)C1. The Labute approximate surface area is 111 Å². The maximum absolute atomic E-state index is 11.9. The highest BCUT2D eigenvalue weighted by molar-refractivity contribution is 8.03. The number of Topliss-reactive ketones (excluding diaryl/α,β-unsaturated/α-hetero) is 2. The van der Waals surface area contributed by atoms with E-state index in [1.165, 1.54) is 11.8 Å². The van der Waals surface area contributed by atoms with Gasteiger partial charge in [-0.3, -0.25) is 14.4 Å². The molecule has 1 rings (SSSR count). The Balaban J connectivity index is 3.04. The van der Waals surface area contributed by atoms with Crippen LogP contribution in [0.5, 0.6) is 0 Å². The van der Waals surface area contributed by atoms with Gasteiger partial charge in [0.2, 0.25) is 0 Å². The third kappa shape index (κ3) is 3.45. The van der Waals surface area contributed by atoms with Crippen molar-refractivity contribution in [3.63, 3.8) is 0 Å². The van der Waals surface area contributed by atoms with E-state index in [1.54, 1.807) is 6.92 Å². The van der Waals surface area contributed by atoms with Gasteiger partial charge in [-0.05, 0) is 18.6 Å². The van der Waals surface area contributed by atoms with E-state index in [-0.39, 0.29) is 30.0 Å². The van der Waals surface area contributed by atoms with E-state index in [0.717, 1.165) is 12.2 Å². The van der Waals surface area contributed by atoms with E-state index in [2.05, 4.69) is 0 Å². The predicted molar refractivity (Wildman–Crippen MR) is 70.4 cm³/mol. The highest BCUT2D eigenvalue weighted by atomic mass is 32.2. The Hall–Kier alpha value is -1.10. The van der Waals surface area contributed by atoms with Crippen LogP contribution in [0.15, 0.2) is 10.5 Å². The molecule has 0 aromatic heterocycles. The number of allylic oxidation sites excluding steroid dienone is 2. The lowest BCUT2D eigenvalue weighted by atomic mass is 9.86. The summed E-state index contributed by atoms with van der Waals surface area (Å²) in [6.07, 6.45) is 1.47. The predicted octanol–water partition coefficient (Wildman–Crippen LogP) is 2.43. The molecule has 1 aliphatic rings. The first-order chi connectivity index (χ1) is 8.51. The molecular formula is C13H18O4S. The van der Waals surface area contributed by atoms with Gasteiger partial charge in [0.25, 0.3) is 0 Å². The number of hydrogen-bond acceptors (Lipinski definition) is 4. The molecule has 1 N–H and O–H groups in total. The van der Waals surface area contributed by atoms with Crippen molar-refractivity contribution in [3.8, 4) is 0 Å². The molecule has 100 valence electrons. The summed E-state index contributed by atoms with van der Waals surface area (Å²) in [6.45, 7) is 3.72. The standard InChI is InChI=1S/C13H18O4S/c1-3-5-18-11-7-8(13(16)17)6-10(15)12(11)9(14)4-2/h8H,3-7H2,1-2H3,(H,16,17). The van der Waals surface area contributed by atoms with E-state index in [4.69, 9.17) is 5.11 Å². The van der Waals surface area contributed by atoms with E-state index >= 15 is 0 Å². The average molecular weight is 270 g/mol. The zero-order chi connectivity index (χ0) is 13.7. The number of ketones is 2. The first kappa shape index (κ1) is 15.0. The maximum Gasteiger partial charge on any atom is 0.307 e. The second-order valence-electron chi connectivity index (χ2n) is 4.29. The molecule has 4 nitrogen and oxygen atoms in total. The molecule has 1 unspecified atom stereocenters. The molecule has 0 bridgehead atoms. The summed E-state index contributed by atoms with van der Waals surface area (Å²) in [5, 5.41) is 9.01. The lowest BCUT2D eigenvalue weighted by molar-refractivity contribution is -0.144. The van der Waals surface area contributed by atoms with Crippen LogP contribution in [0, 0.1) is 5.92 Å². The molecule has 0 radical (unpaired) electrons. The molecule has 0 saturated heterocycles. The van der Waals surface area contributed by atoms with E-state index in [1.807, 2.05) is 6.92 Å². The van der Waals surface area contributed by atoms with Crippen molar-refractivity contribution < 1.29 is 19.5 Å². The molecule has 1 atom stereocenters. The minimum atomic E-state index is -0.957. The molecule has 18 heavy (non-hydrogen) atoms. The number of carbonyl (C=O) groups excluding carboxylic acids is 2. The first-order valence-electron chi connectivity index (χ1n) is 6.16. The number of carboxylic acid groups (broad SMARTS) is 1. The van der Waals surface area contributed by atoms with E-state index in [9.17, 15) is 14.4 Å². The summed E-state index contributed by atoms with van der Waals surface area (Å²) in [6, 6.07) is 0. The van der Waals surface area contributed by atoms with Gasteiger partial charge >= 0.3 is 5.97 Å². The van der Waals surface area contributed by atoms with Crippen molar-refractivity contribution in [2.45, 2.75) is 39.5 Å². The summed E-state index contributed by atoms with van der Waals surface area (Å²) in [7, 11) is 0. The molecule has 0 saturated carbocycles. The van der Waals surface area contributed by atoms with Crippen LogP contribution in [0.4, 0.5) is 0 Å². The monoisotopic (exact) mass is 270 g/mol. The third-order valence-corrected chi connectivity index (χ3v) is 4.18. The fourth-order valence-electron chi connectivity index (χ4n) is 1.90. The highest BCUT2D eigenvalue weighted by Gasteiger charge is 2.34. The number of thioether (sulfide) groups is 1. The lowest BCUT2D eigenvalue weighted by Crippen LogP contribution is -2.27. The van der Waals surface area contributed by atoms with Crippen LogP contribution in [-0.2, 0) is 14.4 Å². The zero-order valence-electron chi connectivity index (χ0n) is 10.7. The van der Waals surface area contributed by atoms with Crippen molar-refractivity contribution in [2.75, 3.05) is 5.75 Å². The van der Waals surface area contributed by atoms with E-state index < -0.39 is 11.9 Å². The Bertz CT molecular complexity index is 398. The second-order valence-corrected chi connectivity index (χ2v) is 5.48. The Morgan fingerprint density at radius 2 is 2.00 bits per heavy atom. The lowest BCUT2D eigenvalue weighted by Gasteiger charge is -2.22. The zero-order valence-corrected chi connectivity index (χ0v) is 11.5. The fourth-order valence-corrected chi connectivity index (χ4v) is 3.04. The largest absolute Gasteiger partial charge is 0.481 e. The third-order valence-electron chi connectivity index (χ3n) is 2.85. The van der Waals surface area contributed by atoms with Gasteiger partial charge in [-0.25, -0.2) is 0 Å². The molecule has 0 amide bonds. The minimum absolute atomic E-state index is 0.0490. The van der Waals surface area contributed by atoms with Crippen LogP contribution in [0.25, 0.3) is 0 Å². The molecule has 0 spiro atoms. The fraction of sp³-hybridized carbons (Fsp3) is 0.615. The summed E-state index contributed by atoms with van der Waals surface area (Å²) in [5.41, 5.74) is 0.258. The Morgan fingerprint density at radius 3 is 2.50 bits per heavy atom. The molecule has 0 fully saturated rings. The molecule has 0 heterocycles. The molecule has 5 heteroatoms. The Morgan fingerprint density at radius 1 is 1.33 bits per heavy atom. The van der Waals surface area contributed by atoms with Crippen LogP contribution in [0.3, 0.4) is 0 Å². The number of carboxylic acids is 1. The van der Waals surface area contributed by atoms with Crippen molar-refractivity contribution in [2.24, 2.45) is 5.92 Å². The summed E-state index contributed by atoms with van der Waals surface area (Å²) < 4.78 is 0. The van der Waals surface area contributed by atoms with Gasteiger partial charge in [-0.2, -0.15) is 0 Å². The maximum atomic E-state index is 11.9. The van der Waals surface area contributed by atoms with Gasteiger partial charge in [-0.1, -0.05) is 13.8 Å². The molecule has 1 aliphatic carbocycles.